The summed E-state index contributed by atoms with van der Waals surface area (Å²) >= 11 is 0. The van der Waals surface area contributed by atoms with Crippen molar-refractivity contribution in [2.24, 2.45) is 5.92 Å². The normalized spacial score (nSPS) is 19.7. The Kier molecular flexibility index (Phi) is 4.59. The first-order valence-corrected chi connectivity index (χ1v) is 5.95. The van der Waals surface area contributed by atoms with E-state index in [-0.39, 0.29) is 11.8 Å². The lowest BCUT2D eigenvalue weighted by Crippen LogP contribution is -2.31. The first kappa shape index (κ1) is 12.9. The van der Waals surface area contributed by atoms with Gasteiger partial charge in [-0.2, -0.15) is 0 Å². The predicted molar refractivity (Wildman–Crippen MR) is 61.9 cm³/mol. The van der Waals surface area contributed by atoms with E-state index in [4.69, 9.17) is 9.47 Å². The molecule has 1 saturated heterocycles. The van der Waals surface area contributed by atoms with Crippen LogP contribution in [0.1, 0.15) is 12.8 Å². The maximum atomic E-state index is 12.0. The van der Waals surface area contributed by atoms with Crippen LogP contribution in [0.3, 0.4) is 0 Å². The van der Waals surface area contributed by atoms with Gasteiger partial charge < -0.3 is 9.47 Å². The molecule has 0 aromatic carbocycles. The fraction of sp³-hybridized carbons (Fsp3) is 0.800. The number of carbonyl (C=O) groups is 1. The average molecular weight is 255 g/mol. The average Bonchev–Trinajstić information content (AvgIpc) is 2.84. The molecule has 0 bridgehead atoms. The molecule has 1 atom stereocenters. The van der Waals surface area contributed by atoms with Gasteiger partial charge in [-0.15, -0.1) is 0 Å². The number of rotatable bonds is 5. The van der Waals surface area contributed by atoms with Gasteiger partial charge in [-0.1, -0.05) is 5.10 Å². The highest BCUT2D eigenvalue weighted by atomic mass is 16.5. The van der Waals surface area contributed by atoms with Crippen molar-refractivity contribution < 1.29 is 14.3 Å². The van der Waals surface area contributed by atoms with Crippen molar-refractivity contribution >= 4 is 11.9 Å². The molecular formula is C10H17N5O3. The second-order valence-corrected chi connectivity index (χ2v) is 4.12. The molecule has 0 aliphatic carbocycles. The van der Waals surface area contributed by atoms with E-state index in [1.54, 1.807) is 7.11 Å². The molecule has 2 rings (SSSR count). The highest BCUT2D eigenvalue weighted by Gasteiger charge is 2.23. The first-order chi connectivity index (χ1) is 8.81. The van der Waals surface area contributed by atoms with Crippen molar-refractivity contribution in [1.82, 2.24) is 20.2 Å². The van der Waals surface area contributed by atoms with Crippen LogP contribution in [0.2, 0.25) is 0 Å². The summed E-state index contributed by atoms with van der Waals surface area (Å²) in [6.07, 6.45) is 1.75. The number of ether oxygens (including phenoxy) is 2. The molecule has 0 saturated carbocycles. The van der Waals surface area contributed by atoms with Crippen LogP contribution < -0.4 is 5.32 Å². The molecule has 1 fully saturated rings. The highest BCUT2D eigenvalue weighted by Crippen LogP contribution is 2.15. The predicted octanol–water partition coefficient (Wildman–Crippen LogP) is -0.315. The summed E-state index contributed by atoms with van der Waals surface area (Å²) in [5.41, 5.74) is 0. The number of anilines is 1. The van der Waals surface area contributed by atoms with Gasteiger partial charge in [0.1, 0.15) is 0 Å². The molecule has 1 N–H and O–H groups in total. The number of hydrogen-bond acceptors (Lipinski definition) is 6. The molecule has 8 heteroatoms. The third-order valence-corrected chi connectivity index (χ3v) is 2.81. The molecule has 1 aliphatic rings. The summed E-state index contributed by atoms with van der Waals surface area (Å²) in [5.74, 6) is 0.136. The molecule has 0 spiro atoms. The Morgan fingerprint density at radius 2 is 2.56 bits per heavy atom. The van der Waals surface area contributed by atoms with Gasteiger partial charge in [-0.25, -0.2) is 4.68 Å². The topological polar surface area (TPSA) is 91.2 Å². The smallest absolute Gasteiger partial charge is 0.249 e. The van der Waals surface area contributed by atoms with E-state index < -0.39 is 0 Å². The van der Waals surface area contributed by atoms with Crippen molar-refractivity contribution in [1.29, 1.82) is 0 Å². The van der Waals surface area contributed by atoms with Gasteiger partial charge in [-0.05, 0) is 23.3 Å². The second-order valence-electron chi connectivity index (χ2n) is 4.12. The van der Waals surface area contributed by atoms with Crippen molar-refractivity contribution in [3.8, 4) is 0 Å². The maximum Gasteiger partial charge on any atom is 0.249 e. The number of nitrogens with one attached hydrogen (secondary N) is 1. The fourth-order valence-corrected chi connectivity index (χ4v) is 1.78. The van der Waals surface area contributed by atoms with Crippen LogP contribution in [0.4, 0.5) is 5.95 Å². The highest BCUT2D eigenvalue weighted by molar-refractivity contribution is 5.91. The number of amides is 1. The van der Waals surface area contributed by atoms with Crippen LogP contribution in [-0.4, -0.2) is 53.0 Å². The van der Waals surface area contributed by atoms with E-state index in [0.29, 0.717) is 25.7 Å². The molecule has 18 heavy (non-hydrogen) atoms. The molecule has 2 heterocycles. The summed E-state index contributed by atoms with van der Waals surface area (Å²) in [4.78, 5) is 12.0. The summed E-state index contributed by atoms with van der Waals surface area (Å²) in [7, 11) is 1.60. The number of nitrogens with zero attached hydrogens (tertiary/aromatic N) is 4. The number of hydrogen-bond donors (Lipinski definition) is 1. The third-order valence-electron chi connectivity index (χ3n) is 2.81. The van der Waals surface area contributed by atoms with Crippen LogP contribution in [-0.2, 0) is 20.8 Å². The van der Waals surface area contributed by atoms with Crippen molar-refractivity contribution in [3.05, 3.63) is 0 Å². The lowest BCUT2D eigenvalue weighted by Gasteiger charge is -2.20. The van der Waals surface area contributed by atoms with Crippen molar-refractivity contribution in [2.45, 2.75) is 19.4 Å². The van der Waals surface area contributed by atoms with Gasteiger partial charge in [0.15, 0.2) is 0 Å². The second kappa shape index (κ2) is 6.41. The largest absolute Gasteiger partial charge is 0.383 e. The zero-order chi connectivity index (χ0) is 12.8. The molecule has 1 aromatic rings. The van der Waals surface area contributed by atoms with Gasteiger partial charge in [0.05, 0.1) is 25.7 Å². The summed E-state index contributed by atoms with van der Waals surface area (Å²) < 4.78 is 11.7. The molecule has 1 unspecified atom stereocenters. The monoisotopic (exact) mass is 255 g/mol. The molecular weight excluding hydrogens is 238 g/mol. The number of methoxy groups -OCH3 is 1. The van der Waals surface area contributed by atoms with E-state index in [2.05, 4.69) is 20.8 Å². The molecule has 0 radical (unpaired) electrons. The van der Waals surface area contributed by atoms with Crippen LogP contribution >= 0.6 is 0 Å². The van der Waals surface area contributed by atoms with Crippen LogP contribution in [0, 0.1) is 5.92 Å². The van der Waals surface area contributed by atoms with Crippen LogP contribution in [0.5, 0.6) is 0 Å². The molecule has 1 aromatic heterocycles. The van der Waals surface area contributed by atoms with Gasteiger partial charge in [0, 0.05) is 13.7 Å². The minimum atomic E-state index is -0.119. The SMILES string of the molecule is COCCn1nnnc1NC(=O)C1CCCOC1. The van der Waals surface area contributed by atoms with Crippen molar-refractivity contribution in [3.63, 3.8) is 0 Å². The molecule has 8 nitrogen and oxygen atoms in total. The minimum Gasteiger partial charge on any atom is -0.383 e. The van der Waals surface area contributed by atoms with E-state index in [1.807, 2.05) is 0 Å². The third kappa shape index (κ3) is 3.23. The molecule has 1 aliphatic heterocycles. The van der Waals surface area contributed by atoms with Gasteiger partial charge in [-0.3, -0.25) is 10.1 Å². The standard InChI is InChI=1S/C10H17N5O3/c1-17-6-4-15-10(12-13-14-15)11-9(16)8-3-2-5-18-7-8/h8H,2-7H2,1H3,(H,11,12,14,16). The Balaban J connectivity index is 1.91. The van der Waals surface area contributed by atoms with Crippen molar-refractivity contribution in [2.75, 3.05) is 32.2 Å². The van der Waals surface area contributed by atoms with Gasteiger partial charge in [0.25, 0.3) is 0 Å². The van der Waals surface area contributed by atoms with Gasteiger partial charge in [0.2, 0.25) is 11.9 Å². The quantitative estimate of drug-likeness (QED) is 0.775. The van der Waals surface area contributed by atoms with E-state index in [1.165, 1.54) is 4.68 Å². The van der Waals surface area contributed by atoms with E-state index in [0.717, 1.165) is 19.4 Å². The lowest BCUT2D eigenvalue weighted by molar-refractivity contribution is -0.123. The Bertz CT molecular complexity index is 389. The van der Waals surface area contributed by atoms with Crippen LogP contribution in [0.25, 0.3) is 0 Å². The fourth-order valence-electron chi connectivity index (χ4n) is 1.78. The zero-order valence-electron chi connectivity index (χ0n) is 10.3. The minimum absolute atomic E-state index is 0.0943. The summed E-state index contributed by atoms with van der Waals surface area (Å²) in [5, 5.41) is 13.8. The Hall–Kier alpha value is -1.54. The van der Waals surface area contributed by atoms with Crippen LogP contribution in [0.15, 0.2) is 0 Å². The van der Waals surface area contributed by atoms with Gasteiger partial charge >= 0.3 is 0 Å². The Morgan fingerprint density at radius 1 is 1.67 bits per heavy atom. The zero-order valence-corrected chi connectivity index (χ0v) is 10.3. The Labute approximate surface area is 105 Å². The number of aromatic nitrogens is 4. The Morgan fingerprint density at radius 3 is 3.28 bits per heavy atom. The van der Waals surface area contributed by atoms with E-state index >= 15 is 0 Å². The van der Waals surface area contributed by atoms with E-state index in [9.17, 15) is 4.79 Å². The first-order valence-electron chi connectivity index (χ1n) is 5.95. The summed E-state index contributed by atoms with van der Waals surface area (Å²) in [6.45, 7) is 2.18. The number of carbonyl (C=O) groups excluding carboxylic acids is 1. The molecule has 100 valence electrons. The maximum absolute atomic E-state index is 12.0. The summed E-state index contributed by atoms with van der Waals surface area (Å²) in [6, 6.07) is 0. The molecule has 1 amide bonds. The number of tetrazole rings is 1. The lowest BCUT2D eigenvalue weighted by atomic mass is 10.0.